The first kappa shape index (κ1) is 22.4. The molecule has 2 aromatic rings. The number of benzene rings is 2. The Balaban J connectivity index is 2.03. The van der Waals surface area contributed by atoms with E-state index < -0.39 is 11.9 Å². The predicted molar refractivity (Wildman–Crippen MR) is 110 cm³/mol. The molecule has 2 aromatic carbocycles. The van der Waals surface area contributed by atoms with Crippen LogP contribution in [0, 0.1) is 0 Å². The monoisotopic (exact) mass is 414 g/mol. The van der Waals surface area contributed by atoms with Crippen molar-refractivity contribution in [2.75, 3.05) is 27.4 Å². The molecule has 0 heterocycles. The molecule has 2 rings (SSSR count). The average molecular weight is 414 g/mol. The van der Waals surface area contributed by atoms with Gasteiger partial charge in [-0.25, -0.2) is 9.59 Å². The Morgan fingerprint density at radius 1 is 0.733 bits per heavy atom. The molecule has 0 spiro atoms. The molecule has 0 aliphatic rings. The summed E-state index contributed by atoms with van der Waals surface area (Å²) in [6.07, 6.45) is 4.97. The Kier molecular flexibility index (Phi) is 8.31. The summed E-state index contributed by atoms with van der Waals surface area (Å²) in [5.41, 5.74) is 1.29. The van der Waals surface area contributed by atoms with Gasteiger partial charge < -0.3 is 29.2 Å². The minimum Gasteiger partial charge on any atom is -0.493 e. The summed E-state index contributed by atoms with van der Waals surface area (Å²) in [6, 6.07) is 10.1. The Labute approximate surface area is 173 Å². The van der Waals surface area contributed by atoms with Gasteiger partial charge in [-0.15, -0.1) is 0 Å². The largest absolute Gasteiger partial charge is 0.493 e. The van der Waals surface area contributed by atoms with Crippen molar-refractivity contribution in [3.8, 4) is 23.0 Å². The van der Waals surface area contributed by atoms with Crippen LogP contribution >= 0.6 is 0 Å². The number of hydrogen-bond donors (Lipinski definition) is 2. The van der Waals surface area contributed by atoms with Gasteiger partial charge in [0.05, 0.1) is 14.2 Å². The van der Waals surface area contributed by atoms with Crippen molar-refractivity contribution in [1.82, 2.24) is 0 Å². The van der Waals surface area contributed by atoms with Crippen molar-refractivity contribution in [3.63, 3.8) is 0 Å². The molecular weight excluding hydrogens is 392 g/mol. The van der Waals surface area contributed by atoms with Crippen LogP contribution in [0.2, 0.25) is 0 Å². The third kappa shape index (κ3) is 6.90. The molecule has 0 bridgehead atoms. The van der Waals surface area contributed by atoms with Crippen molar-refractivity contribution >= 4 is 24.1 Å². The molecule has 0 radical (unpaired) electrons. The first-order chi connectivity index (χ1) is 14.4. The molecule has 158 valence electrons. The zero-order valence-corrected chi connectivity index (χ0v) is 16.5. The predicted octanol–water partition coefficient (Wildman–Crippen LogP) is 3.36. The van der Waals surface area contributed by atoms with Crippen LogP contribution in [-0.4, -0.2) is 49.6 Å². The molecule has 0 saturated heterocycles. The summed E-state index contributed by atoms with van der Waals surface area (Å²) in [6.45, 7) is 0.363. The lowest BCUT2D eigenvalue weighted by molar-refractivity contribution is -0.132. The second-order valence-corrected chi connectivity index (χ2v) is 5.86. The van der Waals surface area contributed by atoms with E-state index in [0.717, 1.165) is 12.2 Å². The van der Waals surface area contributed by atoms with Crippen LogP contribution in [-0.2, 0) is 9.59 Å². The highest BCUT2D eigenvalue weighted by Gasteiger charge is 2.08. The maximum atomic E-state index is 10.7. The zero-order valence-electron chi connectivity index (χ0n) is 16.5. The first-order valence-electron chi connectivity index (χ1n) is 8.86. The summed E-state index contributed by atoms with van der Waals surface area (Å²) < 4.78 is 21.9. The van der Waals surface area contributed by atoms with Crippen LogP contribution in [0.4, 0.5) is 0 Å². The first-order valence-corrected chi connectivity index (χ1v) is 8.86. The molecule has 0 saturated carbocycles. The Morgan fingerprint density at radius 2 is 1.13 bits per heavy atom. The molecule has 30 heavy (non-hydrogen) atoms. The lowest BCUT2D eigenvalue weighted by atomic mass is 10.2. The number of aliphatic carboxylic acids is 2. The SMILES string of the molecule is COc1ccc(C=CC(=O)O)cc1OCCOc1cc(C=CC(=O)O)ccc1OC. The third-order valence-corrected chi connectivity index (χ3v) is 3.81. The quantitative estimate of drug-likeness (QED) is 0.425. The summed E-state index contributed by atoms with van der Waals surface area (Å²) >= 11 is 0. The molecule has 0 aliphatic carbocycles. The van der Waals surface area contributed by atoms with E-state index in [9.17, 15) is 9.59 Å². The molecule has 0 amide bonds. The van der Waals surface area contributed by atoms with Gasteiger partial charge in [0, 0.05) is 12.2 Å². The molecular formula is C22H22O8. The molecule has 8 heteroatoms. The second kappa shape index (κ2) is 11.2. The van der Waals surface area contributed by atoms with Gasteiger partial charge in [-0.1, -0.05) is 12.1 Å². The molecule has 0 aromatic heterocycles. The Hall–Kier alpha value is -3.94. The highest BCUT2D eigenvalue weighted by Crippen LogP contribution is 2.30. The number of methoxy groups -OCH3 is 2. The standard InChI is InChI=1S/C22H22O8/c1-27-17-7-3-15(5-9-21(23)24)13-19(17)29-11-12-30-20-14-16(6-10-22(25)26)4-8-18(20)28-2/h3-10,13-14H,11-12H2,1-2H3,(H,23,24)(H,25,26). The number of ether oxygens (including phenoxy) is 4. The van der Waals surface area contributed by atoms with Gasteiger partial charge in [0.1, 0.15) is 13.2 Å². The van der Waals surface area contributed by atoms with Gasteiger partial charge >= 0.3 is 11.9 Å². The van der Waals surface area contributed by atoms with E-state index in [1.54, 1.807) is 36.4 Å². The third-order valence-electron chi connectivity index (χ3n) is 3.81. The van der Waals surface area contributed by atoms with Crippen molar-refractivity contribution in [1.29, 1.82) is 0 Å². The van der Waals surface area contributed by atoms with Gasteiger partial charge in [-0.2, -0.15) is 0 Å². The van der Waals surface area contributed by atoms with Gasteiger partial charge in [-0.05, 0) is 47.5 Å². The van der Waals surface area contributed by atoms with Crippen molar-refractivity contribution in [2.45, 2.75) is 0 Å². The zero-order chi connectivity index (χ0) is 21.9. The number of carbonyl (C=O) groups is 2. The lowest BCUT2D eigenvalue weighted by Crippen LogP contribution is -2.10. The molecule has 8 nitrogen and oxygen atoms in total. The smallest absolute Gasteiger partial charge is 0.328 e. The van der Waals surface area contributed by atoms with Gasteiger partial charge in [0.15, 0.2) is 23.0 Å². The fourth-order valence-corrected chi connectivity index (χ4v) is 2.46. The van der Waals surface area contributed by atoms with Crippen LogP contribution in [0.1, 0.15) is 11.1 Å². The maximum Gasteiger partial charge on any atom is 0.328 e. The van der Waals surface area contributed by atoms with E-state index in [2.05, 4.69) is 0 Å². The van der Waals surface area contributed by atoms with Crippen LogP contribution < -0.4 is 18.9 Å². The Morgan fingerprint density at radius 3 is 1.47 bits per heavy atom. The Bertz CT molecular complexity index is 869. The van der Waals surface area contributed by atoms with E-state index in [-0.39, 0.29) is 13.2 Å². The summed E-state index contributed by atoms with van der Waals surface area (Å²) in [5.74, 6) is -0.202. The highest BCUT2D eigenvalue weighted by atomic mass is 16.5. The number of hydrogen-bond acceptors (Lipinski definition) is 6. The van der Waals surface area contributed by atoms with Crippen molar-refractivity contribution < 1.29 is 38.7 Å². The minimum atomic E-state index is -1.05. The van der Waals surface area contributed by atoms with Crippen LogP contribution in [0.5, 0.6) is 23.0 Å². The highest BCUT2D eigenvalue weighted by molar-refractivity contribution is 5.86. The van der Waals surface area contributed by atoms with Crippen molar-refractivity contribution in [3.05, 3.63) is 59.7 Å². The van der Waals surface area contributed by atoms with E-state index >= 15 is 0 Å². The fourth-order valence-electron chi connectivity index (χ4n) is 2.46. The number of carboxylic acids is 2. The van der Waals surface area contributed by atoms with E-state index in [1.165, 1.54) is 26.4 Å². The van der Waals surface area contributed by atoms with E-state index in [4.69, 9.17) is 29.2 Å². The van der Waals surface area contributed by atoms with Crippen LogP contribution in [0.3, 0.4) is 0 Å². The topological polar surface area (TPSA) is 112 Å². The average Bonchev–Trinajstić information content (AvgIpc) is 2.73. The number of rotatable bonds is 11. The van der Waals surface area contributed by atoms with Crippen molar-refractivity contribution in [2.24, 2.45) is 0 Å². The van der Waals surface area contributed by atoms with Gasteiger partial charge in [0.2, 0.25) is 0 Å². The normalized spacial score (nSPS) is 10.9. The molecule has 2 N–H and O–H groups in total. The fraction of sp³-hybridized carbons (Fsp3) is 0.182. The molecule has 0 atom stereocenters. The molecule has 0 aliphatic heterocycles. The lowest BCUT2D eigenvalue weighted by Gasteiger charge is -2.14. The van der Waals surface area contributed by atoms with Gasteiger partial charge in [-0.3, -0.25) is 0 Å². The minimum absolute atomic E-state index is 0.181. The second-order valence-electron chi connectivity index (χ2n) is 5.86. The summed E-state index contributed by atoms with van der Waals surface area (Å²) in [4.78, 5) is 21.3. The molecule has 0 unspecified atom stereocenters. The van der Waals surface area contributed by atoms with E-state index in [1.807, 2.05) is 0 Å². The van der Waals surface area contributed by atoms with E-state index in [0.29, 0.717) is 34.1 Å². The molecule has 0 fully saturated rings. The van der Waals surface area contributed by atoms with Crippen LogP contribution in [0.15, 0.2) is 48.6 Å². The van der Waals surface area contributed by atoms with Gasteiger partial charge in [0.25, 0.3) is 0 Å². The summed E-state index contributed by atoms with van der Waals surface area (Å²) in [5, 5.41) is 17.5. The van der Waals surface area contributed by atoms with Crippen LogP contribution in [0.25, 0.3) is 12.2 Å². The number of carboxylic acid groups (broad SMARTS) is 2. The maximum absolute atomic E-state index is 10.7. The summed E-state index contributed by atoms with van der Waals surface area (Å²) in [7, 11) is 3.01.